The lowest BCUT2D eigenvalue weighted by molar-refractivity contribution is -0.202. The summed E-state index contributed by atoms with van der Waals surface area (Å²) in [4.78, 5) is 62.0. The zero-order chi connectivity index (χ0) is 18.5. The molecule has 7 rings (SSSR count). The molecule has 7 heteroatoms. The van der Waals surface area contributed by atoms with Gasteiger partial charge in [0.1, 0.15) is 5.78 Å². The maximum absolute atomic E-state index is 13.8. The molecule has 2 bridgehead atoms. The molecule has 0 N–H and O–H groups in total. The van der Waals surface area contributed by atoms with Crippen LogP contribution in [0.1, 0.15) is 32.1 Å². The van der Waals surface area contributed by atoms with Gasteiger partial charge in [0.05, 0.1) is 23.7 Å². The zero-order valence-electron chi connectivity index (χ0n) is 14.5. The molecule has 7 fully saturated rings. The Kier molecular flexibility index (Phi) is 2.23. The fraction of sp³-hybridized carbons (Fsp3) is 0.750. The summed E-state index contributed by atoms with van der Waals surface area (Å²) < 4.78 is 9.71. The van der Waals surface area contributed by atoms with E-state index in [0.29, 0.717) is 12.8 Å². The number of Topliss-reactive ketones (excluding diaryl/α,β-unsaturated/α-hetero) is 1. The van der Waals surface area contributed by atoms with E-state index in [1.54, 1.807) is 0 Å². The van der Waals surface area contributed by atoms with Crippen LogP contribution in [0.15, 0.2) is 0 Å². The van der Waals surface area contributed by atoms with Crippen LogP contribution in [0.25, 0.3) is 0 Å². The van der Waals surface area contributed by atoms with Crippen molar-refractivity contribution in [1.82, 2.24) is 0 Å². The van der Waals surface area contributed by atoms with E-state index < -0.39 is 46.5 Å². The van der Waals surface area contributed by atoms with Gasteiger partial charge < -0.3 is 9.47 Å². The molecule has 1 unspecified atom stereocenters. The van der Waals surface area contributed by atoms with Crippen LogP contribution < -0.4 is 0 Å². The third-order valence-electron chi connectivity index (χ3n) is 9.57. The highest BCUT2D eigenvalue weighted by molar-refractivity contribution is 6.04. The fourth-order valence-corrected chi connectivity index (χ4v) is 8.76. The molecule has 2 heterocycles. The summed E-state index contributed by atoms with van der Waals surface area (Å²) >= 11 is 0. The molecule has 0 aromatic heterocycles. The van der Waals surface area contributed by atoms with Crippen molar-refractivity contribution < 1.29 is 33.4 Å². The Morgan fingerprint density at radius 1 is 0.704 bits per heavy atom. The minimum Gasteiger partial charge on any atom is -0.393 e. The normalized spacial score (nSPS) is 58.9. The van der Waals surface area contributed by atoms with Crippen LogP contribution in [0.2, 0.25) is 0 Å². The molecule has 2 spiro atoms. The summed E-state index contributed by atoms with van der Waals surface area (Å²) in [5, 5.41) is 0. The molecule has 0 aromatic rings. The van der Waals surface area contributed by atoms with Gasteiger partial charge in [-0.1, -0.05) is 0 Å². The van der Waals surface area contributed by atoms with Gasteiger partial charge in [-0.2, -0.15) is 0 Å². The maximum atomic E-state index is 13.8. The Balaban J connectivity index is 1.24. The molecule has 5 saturated carbocycles. The third-order valence-corrected chi connectivity index (χ3v) is 9.57. The Labute approximate surface area is 154 Å². The van der Waals surface area contributed by atoms with Crippen LogP contribution in [0, 0.1) is 58.2 Å². The smallest absolute Gasteiger partial charge is 0.317 e. The summed E-state index contributed by atoms with van der Waals surface area (Å²) in [7, 11) is 0. The van der Waals surface area contributed by atoms with Crippen molar-refractivity contribution in [2.24, 2.45) is 58.2 Å². The van der Waals surface area contributed by atoms with Gasteiger partial charge >= 0.3 is 23.9 Å². The Morgan fingerprint density at radius 2 is 1.33 bits per heavy atom. The van der Waals surface area contributed by atoms with E-state index in [0.717, 1.165) is 19.3 Å². The highest BCUT2D eigenvalue weighted by Crippen LogP contribution is 2.78. The molecular weight excluding hydrogens is 352 g/mol. The summed E-state index contributed by atoms with van der Waals surface area (Å²) in [6.07, 6.45) is 3.52. The largest absolute Gasteiger partial charge is 0.393 e. The fourth-order valence-electron chi connectivity index (χ4n) is 8.76. The minimum atomic E-state index is -0.544. The third kappa shape index (κ3) is 1.28. The standard InChI is InChI=1S/C20H18O7/c21-14-9-6-3-8(11(9)16(23)26-14)19(4-6)1-2-20(18(19)25)5-7-10-12(13(7)20)17(24)27-15(10)22/h6-13H,1-5H2/t6-,7?,8-,9-,10-,11+,12-,13-,19+,20-/m0/s1. The minimum absolute atomic E-state index is 0.0566. The quantitative estimate of drug-likeness (QED) is 0.455. The van der Waals surface area contributed by atoms with E-state index >= 15 is 0 Å². The Bertz CT molecular complexity index is 906. The Morgan fingerprint density at radius 3 is 2.11 bits per heavy atom. The van der Waals surface area contributed by atoms with Gasteiger partial charge in [-0.15, -0.1) is 0 Å². The number of cyclic esters (lactones) is 4. The van der Waals surface area contributed by atoms with Crippen LogP contribution in [0.5, 0.6) is 0 Å². The van der Waals surface area contributed by atoms with E-state index in [2.05, 4.69) is 0 Å². The van der Waals surface area contributed by atoms with E-state index in [1.165, 1.54) is 0 Å². The van der Waals surface area contributed by atoms with E-state index in [-0.39, 0.29) is 41.3 Å². The number of carbonyl (C=O) groups excluding carboxylic acids is 5. The average Bonchev–Trinajstić information content (AvgIpc) is 3.33. The van der Waals surface area contributed by atoms with Crippen LogP contribution in [-0.4, -0.2) is 29.7 Å². The topological polar surface area (TPSA) is 104 Å². The molecule has 2 aliphatic heterocycles. The second-order valence-electron chi connectivity index (χ2n) is 9.92. The number of rotatable bonds is 0. The first-order valence-electron chi connectivity index (χ1n) is 9.95. The number of ether oxygens (including phenoxy) is 2. The molecule has 5 aliphatic carbocycles. The molecule has 2 saturated heterocycles. The monoisotopic (exact) mass is 370 g/mol. The lowest BCUT2D eigenvalue weighted by Gasteiger charge is -2.64. The predicted molar refractivity (Wildman–Crippen MR) is 83.1 cm³/mol. The lowest BCUT2D eigenvalue weighted by Crippen LogP contribution is -2.68. The lowest BCUT2D eigenvalue weighted by atomic mass is 9.35. The molecule has 7 nitrogen and oxygen atoms in total. The van der Waals surface area contributed by atoms with Crippen molar-refractivity contribution >= 4 is 29.7 Å². The number of carbonyl (C=O) groups is 5. The molecule has 0 aromatic carbocycles. The van der Waals surface area contributed by atoms with Gasteiger partial charge in [-0.3, -0.25) is 24.0 Å². The van der Waals surface area contributed by atoms with Crippen molar-refractivity contribution in [1.29, 1.82) is 0 Å². The van der Waals surface area contributed by atoms with E-state index in [1.807, 2.05) is 0 Å². The number of ketones is 1. The molecule has 0 radical (unpaired) electrons. The highest BCUT2D eigenvalue weighted by Gasteiger charge is 2.82. The van der Waals surface area contributed by atoms with E-state index in [9.17, 15) is 24.0 Å². The number of esters is 4. The summed E-state index contributed by atoms with van der Waals surface area (Å²) in [5.41, 5.74) is -1.07. The first kappa shape index (κ1) is 14.9. The Hall–Kier alpha value is -2.05. The van der Waals surface area contributed by atoms with Gasteiger partial charge in [0.2, 0.25) is 0 Å². The van der Waals surface area contributed by atoms with Crippen LogP contribution in [0.4, 0.5) is 0 Å². The predicted octanol–water partition coefficient (Wildman–Crippen LogP) is 0.643. The number of hydrogen-bond donors (Lipinski definition) is 0. The van der Waals surface area contributed by atoms with E-state index in [4.69, 9.17) is 9.47 Å². The molecular formula is C20H18O7. The van der Waals surface area contributed by atoms with Crippen molar-refractivity contribution in [3.05, 3.63) is 0 Å². The van der Waals surface area contributed by atoms with Gasteiger partial charge in [0, 0.05) is 10.8 Å². The highest BCUT2D eigenvalue weighted by atomic mass is 16.6. The molecule has 10 atom stereocenters. The molecule has 140 valence electrons. The van der Waals surface area contributed by atoms with Crippen molar-refractivity contribution in [3.8, 4) is 0 Å². The van der Waals surface area contributed by atoms with Gasteiger partial charge in [-0.05, 0) is 55.8 Å². The van der Waals surface area contributed by atoms with Crippen LogP contribution >= 0.6 is 0 Å². The van der Waals surface area contributed by atoms with Crippen LogP contribution in [-0.2, 0) is 33.4 Å². The summed E-state index contributed by atoms with van der Waals surface area (Å²) in [5.74, 6) is -3.18. The van der Waals surface area contributed by atoms with Gasteiger partial charge in [-0.25, -0.2) is 0 Å². The van der Waals surface area contributed by atoms with Gasteiger partial charge in [0.15, 0.2) is 0 Å². The molecule has 0 amide bonds. The first-order valence-corrected chi connectivity index (χ1v) is 9.95. The summed E-state index contributed by atoms with van der Waals surface area (Å²) in [6, 6.07) is 0. The van der Waals surface area contributed by atoms with Gasteiger partial charge in [0.25, 0.3) is 0 Å². The van der Waals surface area contributed by atoms with Crippen molar-refractivity contribution in [3.63, 3.8) is 0 Å². The van der Waals surface area contributed by atoms with Crippen molar-refractivity contribution in [2.45, 2.75) is 32.1 Å². The zero-order valence-corrected chi connectivity index (χ0v) is 14.5. The second-order valence-corrected chi connectivity index (χ2v) is 9.92. The summed E-state index contributed by atoms with van der Waals surface area (Å²) in [6.45, 7) is 0. The van der Waals surface area contributed by atoms with Crippen molar-refractivity contribution in [2.75, 3.05) is 0 Å². The maximum Gasteiger partial charge on any atom is 0.317 e. The molecule has 27 heavy (non-hydrogen) atoms. The number of fused-ring (bicyclic) bond motifs is 11. The second kappa shape index (κ2) is 4.03. The SMILES string of the molecule is O=C1OC(=O)[C@H]2[C@@H]1[C@H]1C[C@@H]2[C@@]2(CC[C@@]3(CC4[C@@H]5C(=O)OC(=O)[C@@H]5[C@H]43)C2=O)C1. The number of hydrogen-bond acceptors (Lipinski definition) is 7. The van der Waals surface area contributed by atoms with Crippen LogP contribution in [0.3, 0.4) is 0 Å². The average molecular weight is 370 g/mol. The first-order chi connectivity index (χ1) is 12.9. The molecule has 7 aliphatic rings.